The van der Waals surface area contributed by atoms with Gasteiger partial charge in [0.05, 0.1) is 11.1 Å². The van der Waals surface area contributed by atoms with Crippen molar-refractivity contribution in [3.63, 3.8) is 0 Å². The number of benzene rings is 1. The van der Waals surface area contributed by atoms with E-state index in [1.165, 1.54) is 0 Å². The molecule has 0 aliphatic rings. The molecule has 0 atom stereocenters. The summed E-state index contributed by atoms with van der Waals surface area (Å²) in [6.07, 6.45) is -12.0. The molecular formula is C10H2F8O4. The quantitative estimate of drug-likeness (QED) is 0.811. The Bertz CT molecular complexity index is 659. The Morgan fingerprint density at radius 3 is 1.32 bits per heavy atom. The van der Waals surface area contributed by atoms with Crippen molar-refractivity contribution in [2.24, 2.45) is 0 Å². The lowest BCUT2D eigenvalue weighted by molar-refractivity contribution is -0.146. The largest absolute Gasteiger partial charge is 0.478 e. The Morgan fingerprint density at radius 2 is 1.05 bits per heavy atom. The van der Waals surface area contributed by atoms with Gasteiger partial charge in [0.1, 0.15) is 11.1 Å². The van der Waals surface area contributed by atoms with Crippen LogP contribution in [0.4, 0.5) is 35.1 Å². The van der Waals surface area contributed by atoms with Crippen molar-refractivity contribution in [3.8, 4) is 0 Å². The summed E-state index contributed by atoms with van der Waals surface area (Å²) < 4.78 is 103. The fraction of sp³-hybridized carbons (Fsp3) is 0.200. The fourth-order valence-corrected chi connectivity index (χ4v) is 1.65. The molecule has 0 bridgehead atoms. The minimum Gasteiger partial charge on any atom is -0.478 e. The van der Waals surface area contributed by atoms with Crippen LogP contribution in [0.1, 0.15) is 31.8 Å². The average molecular weight is 338 g/mol. The third-order valence-electron chi connectivity index (χ3n) is 2.38. The van der Waals surface area contributed by atoms with Crippen molar-refractivity contribution in [1.29, 1.82) is 0 Å². The Morgan fingerprint density at radius 1 is 0.682 bits per heavy atom. The van der Waals surface area contributed by atoms with E-state index in [-0.39, 0.29) is 0 Å². The van der Waals surface area contributed by atoms with Crippen molar-refractivity contribution in [2.45, 2.75) is 12.4 Å². The summed E-state index contributed by atoms with van der Waals surface area (Å²) in [4.78, 5) is 21.3. The van der Waals surface area contributed by atoms with Crippen LogP contribution >= 0.6 is 0 Å². The van der Waals surface area contributed by atoms with Crippen molar-refractivity contribution in [3.05, 3.63) is 33.9 Å². The normalized spacial score (nSPS) is 12.4. The Balaban J connectivity index is 4.23. The molecule has 0 aromatic heterocycles. The number of halogens is 8. The Kier molecular flexibility index (Phi) is 4.09. The molecule has 22 heavy (non-hydrogen) atoms. The van der Waals surface area contributed by atoms with E-state index < -0.39 is 58.2 Å². The van der Waals surface area contributed by atoms with Crippen molar-refractivity contribution >= 4 is 11.9 Å². The van der Waals surface area contributed by atoms with Gasteiger partial charge < -0.3 is 10.2 Å². The molecule has 0 fully saturated rings. The molecule has 0 unspecified atom stereocenters. The molecule has 0 saturated carbocycles. The van der Waals surface area contributed by atoms with E-state index >= 15 is 0 Å². The van der Waals surface area contributed by atoms with Crippen molar-refractivity contribution in [2.75, 3.05) is 0 Å². The number of hydrogen-bond acceptors (Lipinski definition) is 2. The highest BCUT2D eigenvalue weighted by atomic mass is 19.4. The second-order valence-electron chi connectivity index (χ2n) is 3.73. The van der Waals surface area contributed by atoms with Crippen LogP contribution in [0.15, 0.2) is 0 Å². The van der Waals surface area contributed by atoms with Crippen LogP contribution in [-0.2, 0) is 12.4 Å². The molecule has 1 aromatic carbocycles. The van der Waals surface area contributed by atoms with Gasteiger partial charge in [-0.15, -0.1) is 0 Å². The van der Waals surface area contributed by atoms with Crippen LogP contribution in [0.25, 0.3) is 0 Å². The van der Waals surface area contributed by atoms with E-state index in [1.807, 2.05) is 0 Å². The highest BCUT2D eigenvalue weighted by Crippen LogP contribution is 2.44. The van der Waals surface area contributed by atoms with Gasteiger partial charge in [-0.1, -0.05) is 0 Å². The van der Waals surface area contributed by atoms with E-state index in [0.29, 0.717) is 0 Å². The van der Waals surface area contributed by atoms with Crippen molar-refractivity contribution in [1.82, 2.24) is 0 Å². The third-order valence-corrected chi connectivity index (χ3v) is 2.38. The number of carboxylic acids is 2. The Hall–Kier alpha value is -2.40. The van der Waals surface area contributed by atoms with Gasteiger partial charge in [-0.05, 0) is 0 Å². The predicted octanol–water partition coefficient (Wildman–Crippen LogP) is 3.40. The third kappa shape index (κ3) is 2.80. The zero-order valence-electron chi connectivity index (χ0n) is 9.73. The number of alkyl halides is 6. The second kappa shape index (κ2) is 5.10. The number of carbonyl (C=O) groups is 2. The molecule has 0 spiro atoms. The van der Waals surface area contributed by atoms with Gasteiger partial charge in [0.15, 0.2) is 11.6 Å². The van der Waals surface area contributed by atoms with Gasteiger partial charge in [0.2, 0.25) is 0 Å². The maximum atomic E-state index is 13.3. The van der Waals surface area contributed by atoms with Crippen LogP contribution in [0.5, 0.6) is 0 Å². The van der Waals surface area contributed by atoms with Gasteiger partial charge in [0, 0.05) is 0 Å². The van der Waals surface area contributed by atoms with Gasteiger partial charge in [-0.2, -0.15) is 26.3 Å². The number of hydrogen-bond donors (Lipinski definition) is 2. The van der Waals surface area contributed by atoms with E-state index in [9.17, 15) is 44.7 Å². The molecule has 0 aliphatic heterocycles. The molecule has 0 amide bonds. The van der Waals surface area contributed by atoms with Crippen molar-refractivity contribution < 1.29 is 54.9 Å². The molecule has 122 valence electrons. The van der Waals surface area contributed by atoms with Crippen LogP contribution in [0, 0.1) is 11.6 Å². The van der Waals surface area contributed by atoms with Gasteiger partial charge >= 0.3 is 24.3 Å². The van der Waals surface area contributed by atoms with E-state index in [1.54, 1.807) is 0 Å². The molecule has 1 aromatic rings. The predicted molar refractivity (Wildman–Crippen MR) is 50.3 cm³/mol. The number of rotatable bonds is 2. The van der Waals surface area contributed by atoms with Gasteiger partial charge in [-0.3, -0.25) is 0 Å². The first-order chi connectivity index (χ1) is 9.71. The summed E-state index contributed by atoms with van der Waals surface area (Å²) in [5, 5.41) is 17.0. The highest BCUT2D eigenvalue weighted by molar-refractivity contribution is 5.98. The summed E-state index contributed by atoms with van der Waals surface area (Å²) in [6, 6.07) is 0. The topological polar surface area (TPSA) is 74.6 Å². The lowest BCUT2D eigenvalue weighted by Gasteiger charge is -2.19. The number of aromatic carboxylic acids is 2. The SMILES string of the molecule is O=C(O)c1c(F)c(F)c(C(F)(F)F)c(C(=O)O)c1C(F)(F)F. The maximum Gasteiger partial charge on any atom is 0.420 e. The summed E-state index contributed by atoms with van der Waals surface area (Å²) >= 11 is 0. The first-order valence-corrected chi connectivity index (χ1v) is 4.87. The van der Waals surface area contributed by atoms with E-state index in [0.717, 1.165) is 0 Å². The van der Waals surface area contributed by atoms with Crippen LogP contribution < -0.4 is 0 Å². The number of carboxylic acid groups (broad SMARTS) is 2. The molecular weight excluding hydrogens is 336 g/mol. The zero-order chi connectivity index (χ0) is 17.6. The summed E-state index contributed by atoms with van der Waals surface area (Å²) in [7, 11) is 0. The van der Waals surface area contributed by atoms with Gasteiger partial charge in [-0.25, -0.2) is 18.4 Å². The molecule has 0 aliphatic carbocycles. The van der Waals surface area contributed by atoms with E-state index in [4.69, 9.17) is 10.2 Å². The monoisotopic (exact) mass is 338 g/mol. The lowest BCUT2D eigenvalue weighted by atomic mass is 9.93. The van der Waals surface area contributed by atoms with Crippen LogP contribution in [0.2, 0.25) is 0 Å². The average Bonchev–Trinajstić information content (AvgIpc) is 2.27. The standard InChI is InChI=1S/C10H2F8O4/c11-5-2(8(21)22)3(9(13,14)15)1(7(19)20)4(6(5)12)10(16,17)18/h(H,19,20)(H,21,22). The minimum atomic E-state index is -6.00. The molecule has 0 heterocycles. The Labute approximate surface area is 114 Å². The van der Waals surface area contributed by atoms with Gasteiger partial charge in [0.25, 0.3) is 0 Å². The second-order valence-corrected chi connectivity index (χ2v) is 3.73. The molecule has 0 radical (unpaired) electrons. The zero-order valence-corrected chi connectivity index (χ0v) is 9.73. The molecule has 0 saturated heterocycles. The van der Waals surface area contributed by atoms with Crippen LogP contribution in [0.3, 0.4) is 0 Å². The molecule has 12 heteroatoms. The first-order valence-electron chi connectivity index (χ1n) is 4.87. The smallest absolute Gasteiger partial charge is 0.420 e. The summed E-state index contributed by atoms with van der Waals surface area (Å²) in [5.41, 5.74) is -11.2. The highest BCUT2D eigenvalue weighted by Gasteiger charge is 2.50. The fourth-order valence-electron chi connectivity index (χ4n) is 1.65. The molecule has 4 nitrogen and oxygen atoms in total. The first kappa shape index (κ1) is 17.7. The maximum absolute atomic E-state index is 13.3. The van der Waals surface area contributed by atoms with E-state index in [2.05, 4.69) is 0 Å². The summed E-state index contributed by atoms with van der Waals surface area (Å²) in [6.45, 7) is 0. The minimum absolute atomic E-state index is 2.55. The van der Waals surface area contributed by atoms with Crippen LogP contribution in [-0.4, -0.2) is 22.2 Å². The lowest BCUT2D eigenvalue weighted by Crippen LogP contribution is -2.27. The summed E-state index contributed by atoms with van der Waals surface area (Å²) in [5.74, 6) is -11.7. The molecule has 2 N–H and O–H groups in total. The molecule has 1 rings (SSSR count).